The summed E-state index contributed by atoms with van der Waals surface area (Å²) < 4.78 is 23.1. The second-order valence-electron chi connectivity index (χ2n) is 6.50. The molecule has 23 heavy (non-hydrogen) atoms. The number of carbonyl (C=O) groups excluding carboxylic acids is 1. The average Bonchev–Trinajstić information content (AvgIpc) is 3.08. The first-order valence-electron chi connectivity index (χ1n) is 7.88. The Morgan fingerprint density at radius 1 is 1.39 bits per heavy atom. The third kappa shape index (κ3) is 3.33. The third-order valence-corrected chi connectivity index (χ3v) is 6.61. The largest absolute Gasteiger partial charge is 0.360 e. The summed E-state index contributed by atoms with van der Waals surface area (Å²) in [6, 6.07) is 7.46. The van der Waals surface area contributed by atoms with Crippen LogP contribution < -0.4 is 0 Å². The maximum atomic E-state index is 12.8. The lowest BCUT2D eigenvalue weighted by Crippen LogP contribution is -2.39. The number of para-hydroxylation sites is 1. The zero-order chi connectivity index (χ0) is 16.6. The fraction of sp³-hybridized carbons (Fsp3) is 0.471. The number of sulfone groups is 1. The van der Waals surface area contributed by atoms with Gasteiger partial charge in [-0.05, 0) is 32.4 Å². The Kier molecular flexibility index (Phi) is 4.29. The van der Waals surface area contributed by atoms with Crippen LogP contribution in [0.2, 0.25) is 0 Å². The molecule has 6 heteroatoms. The fourth-order valence-corrected chi connectivity index (χ4v) is 5.13. The second-order valence-corrected chi connectivity index (χ2v) is 8.73. The summed E-state index contributed by atoms with van der Waals surface area (Å²) in [6.07, 6.45) is 2.46. The molecule has 0 amide bonds. The highest BCUT2D eigenvalue weighted by molar-refractivity contribution is 7.91. The number of Topliss-reactive ketones (excluding diaryl/α,β-unsaturated/α-hetero) is 1. The molecule has 0 unspecified atom stereocenters. The van der Waals surface area contributed by atoms with Crippen LogP contribution in [0.25, 0.3) is 10.9 Å². The van der Waals surface area contributed by atoms with Crippen molar-refractivity contribution in [3.05, 3.63) is 36.0 Å². The number of benzene rings is 1. The molecule has 1 saturated heterocycles. The van der Waals surface area contributed by atoms with Gasteiger partial charge in [0.05, 0.1) is 17.5 Å². The van der Waals surface area contributed by atoms with E-state index in [1.54, 1.807) is 6.20 Å². The maximum absolute atomic E-state index is 12.8. The normalized spacial score (nSPS) is 21.8. The topological polar surface area (TPSA) is 70.2 Å². The Morgan fingerprint density at radius 2 is 2.13 bits per heavy atom. The standard InChI is InChI=1S/C17H22N2O3S/c1-12(19(2)10-13-7-8-23(21,22)11-13)17(20)15-9-18-16-6-4-3-5-14(15)16/h3-6,9,12-13,18H,7-8,10-11H2,1-2H3/t12-,13+/m1/s1. The number of H-pyrrole nitrogens is 1. The van der Waals surface area contributed by atoms with Crippen molar-refractivity contribution >= 4 is 26.5 Å². The van der Waals surface area contributed by atoms with Crippen molar-refractivity contribution in [2.24, 2.45) is 5.92 Å². The van der Waals surface area contributed by atoms with Crippen LogP contribution in [0.5, 0.6) is 0 Å². The first kappa shape index (κ1) is 16.2. The van der Waals surface area contributed by atoms with Crippen molar-refractivity contribution in [3.63, 3.8) is 0 Å². The zero-order valence-corrected chi connectivity index (χ0v) is 14.3. The molecule has 2 heterocycles. The van der Waals surface area contributed by atoms with Crippen LogP contribution >= 0.6 is 0 Å². The number of aromatic nitrogens is 1. The minimum Gasteiger partial charge on any atom is -0.360 e. The van der Waals surface area contributed by atoms with Gasteiger partial charge in [0.25, 0.3) is 0 Å². The summed E-state index contributed by atoms with van der Waals surface area (Å²) in [5.74, 6) is 0.704. The smallest absolute Gasteiger partial charge is 0.181 e. The van der Waals surface area contributed by atoms with Crippen molar-refractivity contribution in [1.29, 1.82) is 0 Å². The summed E-state index contributed by atoms with van der Waals surface area (Å²) in [6.45, 7) is 2.52. The molecule has 124 valence electrons. The molecule has 3 rings (SSSR count). The van der Waals surface area contributed by atoms with Gasteiger partial charge in [-0.25, -0.2) is 8.42 Å². The number of nitrogens with zero attached hydrogens (tertiary/aromatic N) is 1. The molecule has 2 atom stereocenters. The molecule has 1 aromatic heterocycles. The number of hydrogen-bond acceptors (Lipinski definition) is 4. The van der Waals surface area contributed by atoms with E-state index in [1.807, 2.05) is 43.1 Å². The van der Waals surface area contributed by atoms with E-state index in [0.29, 0.717) is 18.5 Å². The van der Waals surface area contributed by atoms with Crippen LogP contribution in [0.15, 0.2) is 30.5 Å². The molecule has 1 aliphatic rings. The van der Waals surface area contributed by atoms with E-state index in [0.717, 1.165) is 10.9 Å². The van der Waals surface area contributed by atoms with Crippen molar-refractivity contribution < 1.29 is 13.2 Å². The van der Waals surface area contributed by atoms with Crippen molar-refractivity contribution in [3.8, 4) is 0 Å². The molecule has 5 nitrogen and oxygen atoms in total. The molecule has 0 bridgehead atoms. The Balaban J connectivity index is 1.72. The van der Waals surface area contributed by atoms with Crippen LogP contribution in [0.3, 0.4) is 0 Å². The second kappa shape index (κ2) is 6.09. The maximum Gasteiger partial charge on any atom is 0.181 e. The van der Waals surface area contributed by atoms with E-state index in [1.165, 1.54) is 0 Å². The van der Waals surface area contributed by atoms with E-state index in [9.17, 15) is 13.2 Å². The lowest BCUT2D eigenvalue weighted by molar-refractivity contribution is 0.0857. The molecule has 1 aromatic carbocycles. The van der Waals surface area contributed by atoms with Gasteiger partial charge < -0.3 is 4.98 Å². The highest BCUT2D eigenvalue weighted by Crippen LogP contribution is 2.23. The molecule has 0 spiro atoms. The summed E-state index contributed by atoms with van der Waals surface area (Å²) in [5.41, 5.74) is 1.64. The Morgan fingerprint density at radius 3 is 2.83 bits per heavy atom. The van der Waals surface area contributed by atoms with Crippen LogP contribution in [0.4, 0.5) is 0 Å². The predicted octanol–water partition coefficient (Wildman–Crippen LogP) is 2.11. The van der Waals surface area contributed by atoms with Gasteiger partial charge in [-0.3, -0.25) is 9.69 Å². The van der Waals surface area contributed by atoms with E-state index in [2.05, 4.69) is 4.98 Å². The van der Waals surface area contributed by atoms with Gasteiger partial charge >= 0.3 is 0 Å². The molecule has 0 saturated carbocycles. The molecule has 1 aliphatic heterocycles. The number of fused-ring (bicyclic) bond motifs is 1. The van der Waals surface area contributed by atoms with Gasteiger partial charge in [0, 0.05) is 29.2 Å². The quantitative estimate of drug-likeness (QED) is 0.850. The van der Waals surface area contributed by atoms with E-state index in [-0.39, 0.29) is 29.2 Å². The summed E-state index contributed by atoms with van der Waals surface area (Å²) in [5, 5.41) is 0.932. The highest BCUT2D eigenvalue weighted by Gasteiger charge is 2.31. The van der Waals surface area contributed by atoms with E-state index in [4.69, 9.17) is 0 Å². The first-order valence-corrected chi connectivity index (χ1v) is 9.70. The monoisotopic (exact) mass is 334 g/mol. The molecule has 2 aromatic rings. The summed E-state index contributed by atoms with van der Waals surface area (Å²) in [4.78, 5) is 17.9. The minimum absolute atomic E-state index is 0.0609. The lowest BCUT2D eigenvalue weighted by atomic mass is 10.0. The number of nitrogens with one attached hydrogen (secondary N) is 1. The Hall–Kier alpha value is -1.66. The lowest BCUT2D eigenvalue weighted by Gasteiger charge is -2.25. The average molecular weight is 334 g/mol. The van der Waals surface area contributed by atoms with Gasteiger partial charge in [-0.15, -0.1) is 0 Å². The number of hydrogen-bond donors (Lipinski definition) is 1. The fourth-order valence-electron chi connectivity index (χ4n) is 3.28. The highest BCUT2D eigenvalue weighted by atomic mass is 32.2. The van der Waals surface area contributed by atoms with Gasteiger partial charge in [0.1, 0.15) is 0 Å². The van der Waals surface area contributed by atoms with Crippen molar-refractivity contribution in [2.45, 2.75) is 19.4 Å². The summed E-state index contributed by atoms with van der Waals surface area (Å²) in [7, 11) is -0.984. The van der Waals surface area contributed by atoms with Gasteiger partial charge in [-0.1, -0.05) is 18.2 Å². The molecule has 0 radical (unpaired) electrons. The van der Waals surface area contributed by atoms with Crippen molar-refractivity contribution in [1.82, 2.24) is 9.88 Å². The predicted molar refractivity (Wildman–Crippen MR) is 91.5 cm³/mol. The Labute approximate surface area is 136 Å². The number of ketones is 1. The van der Waals surface area contributed by atoms with Gasteiger partial charge in [0.2, 0.25) is 0 Å². The van der Waals surface area contributed by atoms with Crippen LogP contribution in [-0.2, 0) is 9.84 Å². The SMILES string of the molecule is C[C@H](C(=O)c1c[nH]c2ccccc12)N(C)C[C@@H]1CCS(=O)(=O)C1. The van der Waals surface area contributed by atoms with E-state index < -0.39 is 9.84 Å². The first-order chi connectivity index (χ1) is 10.9. The summed E-state index contributed by atoms with van der Waals surface area (Å²) >= 11 is 0. The Bertz CT molecular complexity index is 825. The molecule has 1 fully saturated rings. The molecular weight excluding hydrogens is 312 g/mol. The number of carbonyl (C=O) groups is 1. The number of likely N-dealkylation sites (N-methyl/N-ethyl adjacent to an activating group) is 1. The van der Waals surface area contributed by atoms with Gasteiger partial charge in [0.15, 0.2) is 15.6 Å². The molecule has 1 N–H and O–H groups in total. The minimum atomic E-state index is -2.88. The van der Waals surface area contributed by atoms with E-state index >= 15 is 0 Å². The molecular formula is C17H22N2O3S. The number of rotatable bonds is 5. The van der Waals surface area contributed by atoms with Crippen LogP contribution in [-0.4, -0.2) is 55.2 Å². The third-order valence-electron chi connectivity index (χ3n) is 4.77. The van der Waals surface area contributed by atoms with Crippen LogP contribution in [0.1, 0.15) is 23.7 Å². The zero-order valence-electron chi connectivity index (χ0n) is 13.5. The number of aromatic amines is 1. The van der Waals surface area contributed by atoms with Gasteiger partial charge in [-0.2, -0.15) is 0 Å². The van der Waals surface area contributed by atoms with Crippen molar-refractivity contribution in [2.75, 3.05) is 25.1 Å². The van der Waals surface area contributed by atoms with Crippen LogP contribution in [0, 0.1) is 5.92 Å². The molecule has 0 aliphatic carbocycles.